The van der Waals surface area contributed by atoms with Crippen molar-refractivity contribution in [1.29, 1.82) is 0 Å². The second kappa shape index (κ2) is 3.95. The van der Waals surface area contributed by atoms with Crippen molar-refractivity contribution in [2.24, 2.45) is 11.3 Å². The van der Waals surface area contributed by atoms with Crippen molar-refractivity contribution in [2.75, 3.05) is 7.11 Å². The lowest BCUT2D eigenvalue weighted by Crippen LogP contribution is -2.44. The SMILES string of the molecule is COC(=O)C1(C(C)C)C=CCCC1=O. The van der Waals surface area contributed by atoms with Crippen molar-refractivity contribution >= 4 is 11.8 Å². The molecule has 0 saturated carbocycles. The van der Waals surface area contributed by atoms with Crippen LogP contribution in [0.25, 0.3) is 0 Å². The molecule has 0 N–H and O–H groups in total. The molecule has 0 aromatic rings. The van der Waals surface area contributed by atoms with Gasteiger partial charge in [-0.25, -0.2) is 0 Å². The Morgan fingerprint density at radius 1 is 1.57 bits per heavy atom. The van der Waals surface area contributed by atoms with Gasteiger partial charge in [-0.15, -0.1) is 0 Å². The molecule has 78 valence electrons. The molecule has 0 amide bonds. The Morgan fingerprint density at radius 3 is 2.64 bits per heavy atom. The lowest BCUT2D eigenvalue weighted by Gasteiger charge is -2.32. The van der Waals surface area contributed by atoms with Gasteiger partial charge >= 0.3 is 5.97 Å². The first-order chi connectivity index (χ1) is 6.55. The van der Waals surface area contributed by atoms with Crippen LogP contribution < -0.4 is 0 Å². The maximum atomic E-state index is 11.8. The van der Waals surface area contributed by atoms with E-state index in [0.717, 1.165) is 6.42 Å². The molecular formula is C11H16O3. The van der Waals surface area contributed by atoms with E-state index in [0.29, 0.717) is 6.42 Å². The molecule has 14 heavy (non-hydrogen) atoms. The Morgan fingerprint density at radius 2 is 2.21 bits per heavy atom. The summed E-state index contributed by atoms with van der Waals surface area (Å²) in [7, 11) is 1.32. The van der Waals surface area contributed by atoms with Crippen LogP contribution in [0.1, 0.15) is 26.7 Å². The minimum Gasteiger partial charge on any atom is -0.468 e. The van der Waals surface area contributed by atoms with E-state index < -0.39 is 11.4 Å². The topological polar surface area (TPSA) is 43.4 Å². The zero-order valence-electron chi connectivity index (χ0n) is 8.87. The highest BCUT2D eigenvalue weighted by Crippen LogP contribution is 2.36. The highest BCUT2D eigenvalue weighted by molar-refractivity contribution is 6.06. The monoisotopic (exact) mass is 196 g/mol. The summed E-state index contributed by atoms with van der Waals surface area (Å²) in [5.41, 5.74) is -1.03. The number of Topliss-reactive ketones (excluding diaryl/α,β-unsaturated/α-hetero) is 1. The lowest BCUT2D eigenvalue weighted by molar-refractivity contribution is -0.157. The third-order valence-electron chi connectivity index (χ3n) is 2.81. The fraction of sp³-hybridized carbons (Fsp3) is 0.636. The molecule has 1 unspecified atom stereocenters. The van der Waals surface area contributed by atoms with Crippen LogP contribution in [-0.4, -0.2) is 18.9 Å². The van der Waals surface area contributed by atoms with Gasteiger partial charge in [-0.1, -0.05) is 26.0 Å². The summed E-state index contributed by atoms with van der Waals surface area (Å²) < 4.78 is 4.71. The molecule has 1 atom stereocenters. The summed E-state index contributed by atoms with van der Waals surface area (Å²) in [5, 5.41) is 0. The number of methoxy groups -OCH3 is 1. The molecule has 0 heterocycles. The van der Waals surface area contributed by atoms with E-state index in [1.54, 1.807) is 6.08 Å². The number of allylic oxidation sites excluding steroid dienone is 1. The molecule has 1 rings (SSSR count). The van der Waals surface area contributed by atoms with Crippen LogP contribution in [0, 0.1) is 11.3 Å². The van der Waals surface area contributed by atoms with Crippen molar-refractivity contribution in [1.82, 2.24) is 0 Å². The Bertz CT molecular complexity index is 278. The standard InChI is InChI=1S/C11H16O3/c1-8(2)11(10(13)14-3)7-5-4-6-9(11)12/h5,7-8H,4,6H2,1-3H3. The molecular weight excluding hydrogens is 180 g/mol. The predicted octanol–water partition coefficient (Wildman–Crippen LogP) is 1.72. The van der Waals surface area contributed by atoms with Crippen molar-refractivity contribution < 1.29 is 14.3 Å². The van der Waals surface area contributed by atoms with E-state index in [9.17, 15) is 9.59 Å². The van der Waals surface area contributed by atoms with Crippen molar-refractivity contribution in [3.63, 3.8) is 0 Å². The normalized spacial score (nSPS) is 26.7. The zero-order chi connectivity index (χ0) is 10.8. The summed E-state index contributed by atoms with van der Waals surface area (Å²) in [6.45, 7) is 3.73. The molecule has 0 aromatic carbocycles. The quantitative estimate of drug-likeness (QED) is 0.383. The third kappa shape index (κ3) is 1.47. The number of carbonyl (C=O) groups excluding carboxylic acids is 2. The first-order valence-electron chi connectivity index (χ1n) is 4.85. The summed E-state index contributed by atoms with van der Waals surface area (Å²) in [6, 6.07) is 0. The zero-order valence-corrected chi connectivity index (χ0v) is 8.87. The van der Waals surface area contributed by atoms with Gasteiger partial charge < -0.3 is 4.74 Å². The molecule has 0 saturated heterocycles. The van der Waals surface area contributed by atoms with Gasteiger partial charge in [0.05, 0.1) is 7.11 Å². The fourth-order valence-corrected chi connectivity index (χ4v) is 1.88. The van der Waals surface area contributed by atoms with Crippen molar-refractivity contribution in [3.8, 4) is 0 Å². The van der Waals surface area contributed by atoms with E-state index in [1.165, 1.54) is 7.11 Å². The Labute approximate surface area is 84.1 Å². The fourth-order valence-electron chi connectivity index (χ4n) is 1.88. The van der Waals surface area contributed by atoms with Gasteiger partial charge in [0.25, 0.3) is 0 Å². The number of rotatable bonds is 2. The van der Waals surface area contributed by atoms with Crippen molar-refractivity contribution in [2.45, 2.75) is 26.7 Å². The first-order valence-corrected chi connectivity index (χ1v) is 4.85. The van der Waals surface area contributed by atoms with Gasteiger partial charge in [-0.2, -0.15) is 0 Å². The average molecular weight is 196 g/mol. The van der Waals surface area contributed by atoms with E-state index in [4.69, 9.17) is 4.74 Å². The minimum atomic E-state index is -1.03. The number of hydrogen-bond donors (Lipinski definition) is 0. The van der Waals surface area contributed by atoms with Crippen LogP contribution >= 0.6 is 0 Å². The summed E-state index contributed by atoms with van der Waals surface area (Å²) >= 11 is 0. The van der Waals surface area contributed by atoms with E-state index in [1.807, 2.05) is 19.9 Å². The molecule has 0 radical (unpaired) electrons. The largest absolute Gasteiger partial charge is 0.468 e. The van der Waals surface area contributed by atoms with Gasteiger partial charge in [0, 0.05) is 6.42 Å². The molecule has 3 nitrogen and oxygen atoms in total. The van der Waals surface area contributed by atoms with Gasteiger partial charge in [0.2, 0.25) is 0 Å². The van der Waals surface area contributed by atoms with Gasteiger partial charge in [0.1, 0.15) is 5.41 Å². The number of ether oxygens (including phenoxy) is 1. The first kappa shape index (κ1) is 11.0. The van der Waals surface area contributed by atoms with Crippen LogP contribution in [0.4, 0.5) is 0 Å². The third-order valence-corrected chi connectivity index (χ3v) is 2.81. The smallest absolute Gasteiger partial charge is 0.323 e. The number of ketones is 1. The molecule has 1 aliphatic carbocycles. The Hall–Kier alpha value is -1.12. The van der Waals surface area contributed by atoms with Gasteiger partial charge in [-0.3, -0.25) is 9.59 Å². The predicted molar refractivity (Wildman–Crippen MR) is 52.7 cm³/mol. The summed E-state index contributed by atoms with van der Waals surface area (Å²) in [4.78, 5) is 23.5. The van der Waals surface area contributed by atoms with Crippen molar-refractivity contribution in [3.05, 3.63) is 12.2 Å². The Kier molecular flexibility index (Phi) is 3.09. The van der Waals surface area contributed by atoms with Crippen LogP contribution in [0.2, 0.25) is 0 Å². The number of hydrogen-bond acceptors (Lipinski definition) is 3. The molecule has 0 bridgehead atoms. The molecule has 0 spiro atoms. The maximum absolute atomic E-state index is 11.8. The van der Waals surface area contributed by atoms with Crippen LogP contribution in [-0.2, 0) is 14.3 Å². The molecule has 0 aromatic heterocycles. The lowest BCUT2D eigenvalue weighted by atomic mass is 9.70. The van der Waals surface area contributed by atoms with E-state index >= 15 is 0 Å². The average Bonchev–Trinajstić information content (AvgIpc) is 2.17. The highest BCUT2D eigenvalue weighted by Gasteiger charge is 2.47. The summed E-state index contributed by atoms with van der Waals surface area (Å²) in [6.07, 6.45) is 4.75. The second-order valence-electron chi connectivity index (χ2n) is 3.88. The van der Waals surface area contributed by atoms with Gasteiger partial charge in [0.15, 0.2) is 5.78 Å². The molecule has 1 aliphatic rings. The molecule has 0 fully saturated rings. The van der Waals surface area contributed by atoms with Crippen LogP contribution in [0.15, 0.2) is 12.2 Å². The number of carbonyl (C=O) groups is 2. The van der Waals surface area contributed by atoms with Crippen LogP contribution in [0.3, 0.4) is 0 Å². The highest BCUT2D eigenvalue weighted by atomic mass is 16.5. The van der Waals surface area contributed by atoms with E-state index in [-0.39, 0.29) is 11.7 Å². The maximum Gasteiger partial charge on any atom is 0.323 e. The van der Waals surface area contributed by atoms with E-state index in [2.05, 4.69) is 0 Å². The molecule has 0 aliphatic heterocycles. The summed E-state index contributed by atoms with van der Waals surface area (Å²) in [5.74, 6) is -0.519. The molecule has 3 heteroatoms. The number of esters is 1. The second-order valence-corrected chi connectivity index (χ2v) is 3.88. The Balaban J connectivity index is 3.14. The van der Waals surface area contributed by atoms with Gasteiger partial charge in [-0.05, 0) is 12.3 Å². The van der Waals surface area contributed by atoms with Crippen LogP contribution in [0.5, 0.6) is 0 Å². The minimum absolute atomic E-state index is 0.0261.